The Morgan fingerprint density at radius 1 is 1.30 bits per heavy atom. The molecule has 0 amide bonds. The van der Waals surface area contributed by atoms with Gasteiger partial charge in [-0.25, -0.2) is 4.98 Å². The van der Waals surface area contributed by atoms with Crippen molar-refractivity contribution in [2.45, 2.75) is 33.2 Å². The molecule has 1 aromatic carbocycles. The lowest BCUT2D eigenvalue weighted by molar-refractivity contribution is 0.444. The molecule has 1 N–H and O–H groups in total. The number of hydrogen-bond acceptors (Lipinski definition) is 4. The van der Waals surface area contributed by atoms with Gasteiger partial charge in [-0.2, -0.15) is 4.98 Å². The molecule has 2 aromatic rings. The fraction of sp³-hybridized carbons (Fsp3) is 0.444. The van der Waals surface area contributed by atoms with Gasteiger partial charge in [-0.15, -0.1) is 0 Å². The van der Waals surface area contributed by atoms with E-state index in [9.17, 15) is 0 Å². The minimum absolute atomic E-state index is 0.624. The van der Waals surface area contributed by atoms with Gasteiger partial charge in [0.05, 0.1) is 0 Å². The van der Waals surface area contributed by atoms with Crippen LogP contribution in [0, 0.1) is 12.8 Å². The molecule has 0 saturated carbocycles. The summed E-state index contributed by atoms with van der Waals surface area (Å²) in [5.41, 5.74) is 2.03. The predicted octanol–water partition coefficient (Wildman–Crippen LogP) is 4.29. The number of anilines is 2. The fourth-order valence-corrected chi connectivity index (χ4v) is 3.21. The largest absolute Gasteiger partial charge is 0.356 e. The zero-order valence-corrected chi connectivity index (χ0v) is 14.5. The standard InChI is InChI=1S/C18H23ClN4/c1-13-6-5-9-23(12-13)17-10-14(2)21-18(22-17)20-11-15-7-3-4-8-16(15)19/h3-4,7-8,10,13H,5-6,9,11-12H2,1-2H3,(H,20,21,22). The minimum atomic E-state index is 0.624. The summed E-state index contributed by atoms with van der Waals surface area (Å²) in [5.74, 6) is 2.41. The van der Waals surface area contributed by atoms with E-state index >= 15 is 0 Å². The van der Waals surface area contributed by atoms with E-state index in [1.807, 2.05) is 31.2 Å². The Labute approximate surface area is 142 Å². The molecule has 1 aliphatic rings. The molecular formula is C18H23ClN4. The van der Waals surface area contributed by atoms with Gasteiger partial charge < -0.3 is 10.2 Å². The van der Waals surface area contributed by atoms with Gasteiger partial charge in [-0.05, 0) is 37.3 Å². The number of piperidine rings is 1. The molecular weight excluding hydrogens is 308 g/mol. The Morgan fingerprint density at radius 2 is 2.13 bits per heavy atom. The smallest absolute Gasteiger partial charge is 0.225 e. The molecule has 1 saturated heterocycles. The maximum absolute atomic E-state index is 6.20. The van der Waals surface area contributed by atoms with E-state index < -0.39 is 0 Å². The summed E-state index contributed by atoms with van der Waals surface area (Å²) < 4.78 is 0. The van der Waals surface area contributed by atoms with Crippen molar-refractivity contribution < 1.29 is 0 Å². The Hall–Kier alpha value is -1.81. The second-order valence-electron chi connectivity index (χ2n) is 6.33. The maximum Gasteiger partial charge on any atom is 0.225 e. The van der Waals surface area contributed by atoms with E-state index in [-0.39, 0.29) is 0 Å². The molecule has 0 bridgehead atoms. The van der Waals surface area contributed by atoms with Crippen LogP contribution in [0.2, 0.25) is 5.02 Å². The van der Waals surface area contributed by atoms with Gasteiger partial charge in [-0.3, -0.25) is 0 Å². The van der Waals surface area contributed by atoms with Crippen molar-refractivity contribution in [1.82, 2.24) is 9.97 Å². The zero-order valence-electron chi connectivity index (χ0n) is 13.7. The van der Waals surface area contributed by atoms with Crippen molar-refractivity contribution >= 4 is 23.4 Å². The van der Waals surface area contributed by atoms with Crippen molar-refractivity contribution in [3.63, 3.8) is 0 Å². The molecule has 4 nitrogen and oxygen atoms in total. The molecule has 2 heterocycles. The third-order valence-corrected chi connectivity index (χ3v) is 4.59. The van der Waals surface area contributed by atoms with Gasteiger partial charge in [0.1, 0.15) is 5.82 Å². The number of benzene rings is 1. The first-order valence-corrected chi connectivity index (χ1v) is 8.57. The SMILES string of the molecule is Cc1cc(N2CCCC(C)C2)nc(NCc2ccccc2Cl)n1. The maximum atomic E-state index is 6.20. The molecule has 1 atom stereocenters. The highest BCUT2D eigenvalue weighted by molar-refractivity contribution is 6.31. The highest BCUT2D eigenvalue weighted by Crippen LogP contribution is 2.23. The van der Waals surface area contributed by atoms with Crippen LogP contribution in [0.5, 0.6) is 0 Å². The van der Waals surface area contributed by atoms with Crippen molar-refractivity contribution in [2.75, 3.05) is 23.3 Å². The molecule has 1 aliphatic heterocycles. The second-order valence-corrected chi connectivity index (χ2v) is 6.74. The number of aromatic nitrogens is 2. The van der Waals surface area contributed by atoms with Crippen LogP contribution in [0.4, 0.5) is 11.8 Å². The lowest BCUT2D eigenvalue weighted by atomic mass is 10.0. The first-order chi connectivity index (χ1) is 11.1. The Morgan fingerprint density at radius 3 is 2.91 bits per heavy atom. The van der Waals surface area contributed by atoms with Gasteiger partial charge in [0.15, 0.2) is 0 Å². The highest BCUT2D eigenvalue weighted by Gasteiger charge is 2.18. The quantitative estimate of drug-likeness (QED) is 0.908. The van der Waals surface area contributed by atoms with E-state index in [1.54, 1.807) is 0 Å². The van der Waals surface area contributed by atoms with Gasteiger partial charge in [0.2, 0.25) is 5.95 Å². The summed E-state index contributed by atoms with van der Waals surface area (Å²) in [5, 5.41) is 4.06. The van der Waals surface area contributed by atoms with Gasteiger partial charge in [-0.1, -0.05) is 36.7 Å². The van der Waals surface area contributed by atoms with Crippen molar-refractivity contribution in [3.05, 3.63) is 46.6 Å². The molecule has 1 aromatic heterocycles. The number of nitrogens with zero attached hydrogens (tertiary/aromatic N) is 3. The molecule has 122 valence electrons. The number of nitrogens with one attached hydrogen (secondary N) is 1. The number of rotatable bonds is 4. The molecule has 0 aliphatic carbocycles. The van der Waals surface area contributed by atoms with E-state index in [2.05, 4.69) is 28.2 Å². The van der Waals surface area contributed by atoms with Crippen LogP contribution < -0.4 is 10.2 Å². The van der Waals surface area contributed by atoms with Crippen molar-refractivity contribution in [1.29, 1.82) is 0 Å². The summed E-state index contributed by atoms with van der Waals surface area (Å²) in [7, 11) is 0. The van der Waals surface area contributed by atoms with Crippen LogP contribution in [-0.2, 0) is 6.54 Å². The first-order valence-electron chi connectivity index (χ1n) is 8.20. The number of aryl methyl sites for hydroxylation is 1. The van der Waals surface area contributed by atoms with Gasteiger partial charge >= 0.3 is 0 Å². The van der Waals surface area contributed by atoms with E-state index in [1.165, 1.54) is 12.8 Å². The summed E-state index contributed by atoms with van der Waals surface area (Å²) >= 11 is 6.20. The zero-order chi connectivity index (χ0) is 16.2. The summed E-state index contributed by atoms with van der Waals surface area (Å²) in [4.78, 5) is 11.6. The molecule has 1 unspecified atom stereocenters. The van der Waals surface area contributed by atoms with Gasteiger partial charge in [0, 0.05) is 36.4 Å². The van der Waals surface area contributed by atoms with Gasteiger partial charge in [0.25, 0.3) is 0 Å². The first kappa shape index (κ1) is 16.1. The summed E-state index contributed by atoms with van der Waals surface area (Å²) in [6.07, 6.45) is 2.53. The average molecular weight is 331 g/mol. The van der Waals surface area contributed by atoms with Crippen LogP contribution in [0.3, 0.4) is 0 Å². The predicted molar refractivity (Wildman–Crippen MR) is 96.2 cm³/mol. The van der Waals surface area contributed by atoms with Crippen LogP contribution in [0.15, 0.2) is 30.3 Å². The molecule has 0 spiro atoms. The average Bonchev–Trinajstić information content (AvgIpc) is 2.54. The number of halogens is 1. The molecule has 0 radical (unpaired) electrons. The Balaban J connectivity index is 1.74. The monoisotopic (exact) mass is 330 g/mol. The third-order valence-electron chi connectivity index (χ3n) is 4.22. The van der Waals surface area contributed by atoms with E-state index in [0.29, 0.717) is 12.5 Å². The van der Waals surface area contributed by atoms with Crippen molar-refractivity contribution in [3.8, 4) is 0 Å². The fourth-order valence-electron chi connectivity index (χ4n) is 3.01. The Kier molecular flexibility index (Phi) is 5.01. The van der Waals surface area contributed by atoms with Crippen LogP contribution in [-0.4, -0.2) is 23.1 Å². The lowest BCUT2D eigenvalue weighted by Gasteiger charge is -2.32. The summed E-state index contributed by atoms with van der Waals surface area (Å²) in [6.45, 7) is 7.08. The van der Waals surface area contributed by atoms with E-state index in [0.717, 1.165) is 41.1 Å². The third kappa shape index (κ3) is 4.14. The lowest BCUT2D eigenvalue weighted by Crippen LogP contribution is -2.35. The molecule has 3 rings (SSSR count). The van der Waals surface area contributed by atoms with Crippen LogP contribution in [0.25, 0.3) is 0 Å². The molecule has 5 heteroatoms. The van der Waals surface area contributed by atoms with E-state index in [4.69, 9.17) is 16.6 Å². The van der Waals surface area contributed by atoms with Crippen molar-refractivity contribution in [2.24, 2.45) is 5.92 Å². The minimum Gasteiger partial charge on any atom is -0.356 e. The Bertz CT molecular complexity index is 674. The molecule has 1 fully saturated rings. The summed E-state index contributed by atoms with van der Waals surface area (Å²) in [6, 6.07) is 9.90. The molecule has 23 heavy (non-hydrogen) atoms. The second kappa shape index (κ2) is 7.18. The van der Waals surface area contributed by atoms with Crippen LogP contribution >= 0.6 is 11.6 Å². The highest BCUT2D eigenvalue weighted by atomic mass is 35.5. The topological polar surface area (TPSA) is 41.1 Å². The number of hydrogen-bond donors (Lipinski definition) is 1. The normalized spacial score (nSPS) is 18.0. The van der Waals surface area contributed by atoms with Crippen LogP contribution in [0.1, 0.15) is 31.0 Å².